The molecule has 1 aliphatic carbocycles. The van der Waals surface area contributed by atoms with Crippen LogP contribution in [0.3, 0.4) is 0 Å². The minimum absolute atomic E-state index is 0.128. The van der Waals surface area contributed by atoms with E-state index in [0.29, 0.717) is 5.75 Å². The van der Waals surface area contributed by atoms with Crippen LogP contribution in [0.1, 0.15) is 33.0 Å². The lowest BCUT2D eigenvalue weighted by Gasteiger charge is -2.43. The molecular formula is C20H17NO5. The van der Waals surface area contributed by atoms with E-state index in [4.69, 9.17) is 18.9 Å². The molecular weight excluding hydrogens is 334 g/mol. The number of hydrogen-bond donors (Lipinski definition) is 0. The summed E-state index contributed by atoms with van der Waals surface area (Å²) in [6.07, 6.45) is 0.812. The minimum Gasteiger partial charge on any atom is -0.454 e. The average molecular weight is 351 g/mol. The van der Waals surface area contributed by atoms with Crippen molar-refractivity contribution in [1.82, 2.24) is 4.90 Å². The molecule has 6 heteroatoms. The molecule has 0 N–H and O–H groups in total. The van der Waals surface area contributed by atoms with Crippen molar-refractivity contribution in [2.45, 2.75) is 24.9 Å². The highest BCUT2D eigenvalue weighted by atomic mass is 16.7. The molecule has 2 atom stereocenters. The fourth-order valence-corrected chi connectivity index (χ4v) is 4.69. The van der Waals surface area contributed by atoms with Gasteiger partial charge in [-0.15, -0.1) is 0 Å². The van der Waals surface area contributed by atoms with Gasteiger partial charge < -0.3 is 18.9 Å². The monoisotopic (exact) mass is 351 g/mol. The first-order chi connectivity index (χ1) is 12.7. The van der Waals surface area contributed by atoms with Gasteiger partial charge in [-0.3, -0.25) is 9.69 Å². The maximum atomic E-state index is 13.5. The first-order valence-electron chi connectivity index (χ1n) is 8.79. The van der Waals surface area contributed by atoms with E-state index in [2.05, 4.69) is 11.9 Å². The van der Waals surface area contributed by atoms with Crippen molar-refractivity contribution in [3.05, 3.63) is 46.5 Å². The van der Waals surface area contributed by atoms with E-state index >= 15 is 0 Å². The lowest BCUT2D eigenvalue weighted by Crippen LogP contribution is -2.48. The normalized spacial score (nSPS) is 24.9. The van der Waals surface area contributed by atoms with Crippen molar-refractivity contribution in [3.63, 3.8) is 0 Å². The van der Waals surface area contributed by atoms with Crippen molar-refractivity contribution < 1.29 is 23.7 Å². The number of likely N-dealkylation sites (N-methyl/N-ethyl adjacent to an activating group) is 1. The molecule has 6 rings (SSSR count). The number of carbonyl (C=O) groups is 1. The standard InChI is InChI=1S/C20H17NO5/c1-21-7-13-11(2-3-15-20(13)26-9-23-15)18-14(21)4-10-5-16-17(25-8-24-16)6-12(10)19(18)22/h2-3,5-6,14,18H,4,7-9H2,1H3/t14-,18+/m0/s1. The van der Waals surface area contributed by atoms with Crippen LogP contribution in [0.5, 0.6) is 23.0 Å². The summed E-state index contributed by atoms with van der Waals surface area (Å²) in [6, 6.07) is 7.89. The molecule has 0 radical (unpaired) electrons. The molecule has 4 aliphatic rings. The Kier molecular flexibility index (Phi) is 2.73. The number of benzene rings is 2. The lowest BCUT2D eigenvalue weighted by molar-refractivity contribution is 0.0834. The van der Waals surface area contributed by atoms with Crippen LogP contribution in [0.25, 0.3) is 0 Å². The summed E-state index contributed by atoms with van der Waals surface area (Å²) in [5, 5.41) is 0. The quantitative estimate of drug-likeness (QED) is 0.727. The minimum atomic E-state index is -0.203. The number of nitrogens with zero attached hydrogens (tertiary/aromatic N) is 1. The summed E-state index contributed by atoms with van der Waals surface area (Å²) >= 11 is 0. The van der Waals surface area contributed by atoms with Crippen molar-refractivity contribution >= 4 is 5.78 Å². The molecule has 0 aromatic heterocycles. The zero-order chi connectivity index (χ0) is 17.4. The smallest absolute Gasteiger partial charge is 0.231 e. The highest BCUT2D eigenvalue weighted by Gasteiger charge is 2.44. The van der Waals surface area contributed by atoms with Gasteiger partial charge in [-0.05, 0) is 42.8 Å². The second-order valence-electron chi connectivity index (χ2n) is 7.26. The number of hydrogen-bond acceptors (Lipinski definition) is 6. The molecule has 0 unspecified atom stereocenters. The second kappa shape index (κ2) is 4.92. The Morgan fingerprint density at radius 2 is 1.77 bits per heavy atom. The van der Waals surface area contributed by atoms with E-state index in [1.54, 1.807) is 0 Å². The van der Waals surface area contributed by atoms with Crippen LogP contribution in [0.15, 0.2) is 24.3 Å². The number of ether oxygens (including phenoxy) is 4. The van der Waals surface area contributed by atoms with Gasteiger partial charge in [0.15, 0.2) is 28.8 Å². The summed E-state index contributed by atoms with van der Waals surface area (Å²) in [5.74, 6) is 2.88. The van der Waals surface area contributed by atoms with Gasteiger partial charge in [0.05, 0.1) is 5.92 Å². The zero-order valence-electron chi connectivity index (χ0n) is 14.3. The molecule has 0 saturated heterocycles. The average Bonchev–Trinajstić information content (AvgIpc) is 3.29. The molecule has 0 amide bonds. The van der Waals surface area contributed by atoms with Gasteiger partial charge in [-0.2, -0.15) is 0 Å². The molecule has 0 spiro atoms. The molecule has 132 valence electrons. The van der Waals surface area contributed by atoms with Crippen LogP contribution in [-0.4, -0.2) is 37.4 Å². The van der Waals surface area contributed by atoms with Crippen LogP contribution in [0.4, 0.5) is 0 Å². The highest BCUT2D eigenvalue weighted by molar-refractivity contribution is 6.05. The van der Waals surface area contributed by atoms with Crippen LogP contribution >= 0.6 is 0 Å². The van der Waals surface area contributed by atoms with E-state index in [9.17, 15) is 4.79 Å². The SMILES string of the molecule is CN1Cc2c(ccc3c2OCO3)[C@H]2C(=O)c3cc4c(cc3C[C@@H]21)OCO4. The molecule has 0 bridgehead atoms. The predicted molar refractivity (Wildman–Crippen MR) is 91.2 cm³/mol. The topological polar surface area (TPSA) is 57.2 Å². The Morgan fingerprint density at radius 3 is 2.65 bits per heavy atom. The predicted octanol–water partition coefficient (Wildman–Crippen LogP) is 2.48. The third-order valence-electron chi connectivity index (χ3n) is 5.95. The van der Waals surface area contributed by atoms with E-state index in [1.165, 1.54) is 0 Å². The molecule has 26 heavy (non-hydrogen) atoms. The van der Waals surface area contributed by atoms with Crippen LogP contribution in [0, 0.1) is 0 Å². The molecule has 0 saturated carbocycles. The second-order valence-corrected chi connectivity index (χ2v) is 7.26. The molecule has 3 heterocycles. The Balaban J connectivity index is 1.52. The van der Waals surface area contributed by atoms with Crippen LogP contribution < -0.4 is 18.9 Å². The van der Waals surface area contributed by atoms with Gasteiger partial charge in [0.25, 0.3) is 0 Å². The molecule has 2 aromatic carbocycles. The number of carbonyl (C=O) groups excluding carboxylic acids is 1. The Bertz CT molecular complexity index is 969. The fraction of sp³-hybridized carbons (Fsp3) is 0.350. The van der Waals surface area contributed by atoms with Gasteiger partial charge in [0.1, 0.15) is 0 Å². The molecule has 6 nitrogen and oxygen atoms in total. The van der Waals surface area contributed by atoms with Crippen molar-refractivity contribution in [2.24, 2.45) is 0 Å². The van der Waals surface area contributed by atoms with Crippen LogP contribution in [-0.2, 0) is 13.0 Å². The summed E-state index contributed by atoms with van der Waals surface area (Å²) in [6.45, 7) is 1.20. The lowest BCUT2D eigenvalue weighted by atomic mass is 9.71. The number of rotatable bonds is 0. The van der Waals surface area contributed by atoms with Gasteiger partial charge >= 0.3 is 0 Å². The van der Waals surface area contributed by atoms with E-state index < -0.39 is 0 Å². The first kappa shape index (κ1) is 14.4. The largest absolute Gasteiger partial charge is 0.454 e. The summed E-state index contributed by atoms with van der Waals surface area (Å²) < 4.78 is 22.2. The maximum Gasteiger partial charge on any atom is 0.231 e. The van der Waals surface area contributed by atoms with Crippen molar-refractivity contribution in [2.75, 3.05) is 20.6 Å². The van der Waals surface area contributed by atoms with Gasteiger partial charge in [-0.1, -0.05) is 6.07 Å². The Labute approximate surface area is 150 Å². The Hall–Kier alpha value is -2.73. The van der Waals surface area contributed by atoms with Gasteiger partial charge in [0, 0.05) is 23.7 Å². The summed E-state index contributed by atoms with van der Waals surface area (Å²) in [5.41, 5.74) is 3.91. The van der Waals surface area contributed by atoms with E-state index in [-0.39, 0.29) is 31.3 Å². The fourth-order valence-electron chi connectivity index (χ4n) is 4.69. The number of fused-ring (bicyclic) bond motifs is 7. The van der Waals surface area contributed by atoms with E-state index in [1.807, 2.05) is 24.3 Å². The van der Waals surface area contributed by atoms with Crippen LogP contribution in [0.2, 0.25) is 0 Å². The molecule has 3 aliphatic heterocycles. The summed E-state index contributed by atoms with van der Waals surface area (Å²) in [4.78, 5) is 15.7. The highest BCUT2D eigenvalue weighted by Crippen LogP contribution is 2.48. The van der Waals surface area contributed by atoms with Gasteiger partial charge in [-0.25, -0.2) is 0 Å². The molecule has 2 aromatic rings. The summed E-state index contributed by atoms with van der Waals surface area (Å²) in [7, 11) is 2.07. The molecule has 0 fully saturated rings. The Morgan fingerprint density at radius 1 is 1.00 bits per heavy atom. The van der Waals surface area contributed by atoms with E-state index in [0.717, 1.165) is 52.5 Å². The van der Waals surface area contributed by atoms with Crippen molar-refractivity contribution in [3.8, 4) is 23.0 Å². The van der Waals surface area contributed by atoms with Gasteiger partial charge in [0.2, 0.25) is 13.6 Å². The number of ketones is 1. The number of Topliss-reactive ketones (excluding diaryl/α,β-unsaturated/α-hetero) is 1. The third-order valence-corrected chi connectivity index (χ3v) is 5.95. The first-order valence-corrected chi connectivity index (χ1v) is 8.79. The van der Waals surface area contributed by atoms with Crippen molar-refractivity contribution in [1.29, 1.82) is 0 Å². The zero-order valence-corrected chi connectivity index (χ0v) is 14.3. The maximum absolute atomic E-state index is 13.5. The third kappa shape index (κ3) is 1.77.